The van der Waals surface area contributed by atoms with E-state index in [1.54, 1.807) is 0 Å². The molecule has 0 radical (unpaired) electrons. The van der Waals surface area contributed by atoms with Gasteiger partial charge in [0, 0.05) is 50.9 Å². The summed E-state index contributed by atoms with van der Waals surface area (Å²) >= 11 is 0. The van der Waals surface area contributed by atoms with Gasteiger partial charge in [-0.05, 0) is 30.3 Å². The number of nitrogens with two attached hydrogens (primary N) is 1. The van der Waals surface area contributed by atoms with Crippen molar-refractivity contribution >= 4 is 19.7 Å². The normalized spacial score (nSPS) is 11.7. The standard InChI is InChI=1S/C13H24N2OSi.Ar/c1-13(2,3)17(5,6)16-10-7-8-11(14)12(9-10)15-4;/h7-9,15H,14H2,1-6H3;. The number of anilines is 2. The molecule has 3 N–H and O–H groups in total. The van der Waals surface area contributed by atoms with Gasteiger partial charge in [-0.2, -0.15) is 0 Å². The number of benzene rings is 1. The Morgan fingerprint density at radius 1 is 1.22 bits per heavy atom. The third-order valence-corrected chi connectivity index (χ3v) is 7.83. The second-order valence-electron chi connectivity index (χ2n) is 5.86. The summed E-state index contributed by atoms with van der Waals surface area (Å²) in [6, 6.07) is 5.79. The van der Waals surface area contributed by atoms with Gasteiger partial charge in [-0.1, -0.05) is 20.8 Å². The van der Waals surface area contributed by atoms with Crippen LogP contribution in [-0.2, 0) is 0 Å². The van der Waals surface area contributed by atoms with E-state index in [2.05, 4.69) is 39.2 Å². The largest absolute Gasteiger partial charge is 0.543 e. The average Bonchev–Trinajstić information content (AvgIpc) is 2.19. The fraction of sp³-hybridized carbons (Fsp3) is 0.538. The summed E-state index contributed by atoms with van der Waals surface area (Å²) in [5.74, 6) is 0.898. The van der Waals surface area contributed by atoms with E-state index in [4.69, 9.17) is 10.2 Å². The summed E-state index contributed by atoms with van der Waals surface area (Å²) in [6.45, 7) is 11.2. The fourth-order valence-electron chi connectivity index (χ4n) is 1.26. The summed E-state index contributed by atoms with van der Waals surface area (Å²) in [6.07, 6.45) is 0. The Labute approximate surface area is 142 Å². The molecule has 1 aromatic carbocycles. The van der Waals surface area contributed by atoms with Crippen LogP contribution >= 0.6 is 0 Å². The SMILES string of the molecule is CNc1cc(O[Si](C)(C)C(C)(C)C)ccc1N.[Ar]. The molecule has 0 heterocycles. The van der Waals surface area contributed by atoms with E-state index in [1.165, 1.54) is 0 Å². The molecule has 0 aromatic heterocycles. The first-order valence-corrected chi connectivity index (χ1v) is 8.84. The third kappa shape index (κ3) is 4.33. The number of nitrogens with one attached hydrogen (secondary N) is 1. The van der Waals surface area contributed by atoms with Crippen LogP contribution in [0.25, 0.3) is 0 Å². The van der Waals surface area contributed by atoms with Gasteiger partial charge in [-0.3, -0.25) is 0 Å². The molecule has 0 saturated heterocycles. The summed E-state index contributed by atoms with van der Waals surface area (Å²) in [5, 5.41) is 3.27. The Kier molecular flexibility index (Phi) is 6.54. The predicted molar refractivity (Wildman–Crippen MR) is 78.2 cm³/mol. The molecule has 0 saturated carbocycles. The van der Waals surface area contributed by atoms with Crippen molar-refractivity contribution in [1.29, 1.82) is 0 Å². The van der Waals surface area contributed by atoms with Crippen LogP contribution in [0.1, 0.15) is 20.8 Å². The Bertz CT molecular complexity index is 402. The summed E-state index contributed by atoms with van der Waals surface area (Å²) in [4.78, 5) is 0. The van der Waals surface area contributed by atoms with Gasteiger partial charge in [0.15, 0.2) is 0 Å². The first-order valence-electron chi connectivity index (χ1n) is 5.93. The van der Waals surface area contributed by atoms with Gasteiger partial charge in [0.2, 0.25) is 8.32 Å². The molecule has 0 bridgehead atoms. The summed E-state index contributed by atoms with van der Waals surface area (Å²) < 4.78 is 6.21. The van der Waals surface area contributed by atoms with E-state index < -0.39 is 8.32 Å². The van der Waals surface area contributed by atoms with Crippen molar-refractivity contribution in [3.8, 4) is 5.75 Å². The van der Waals surface area contributed by atoms with Crippen LogP contribution < -0.4 is 15.5 Å². The average molecular weight is 292 g/mol. The van der Waals surface area contributed by atoms with Gasteiger partial charge in [-0.15, -0.1) is 0 Å². The first kappa shape index (κ1) is 18.1. The minimum absolute atomic E-state index is 0. The smallest absolute Gasteiger partial charge is 0.250 e. The molecular formula is C13H24ArN2OSi. The molecule has 0 unspecified atom stereocenters. The summed E-state index contributed by atoms with van der Waals surface area (Å²) in [5.41, 5.74) is 7.51. The van der Waals surface area contributed by atoms with Crippen LogP contribution in [0.3, 0.4) is 0 Å². The van der Waals surface area contributed by atoms with Gasteiger partial charge in [0.25, 0.3) is 0 Å². The number of hydrogen-bond acceptors (Lipinski definition) is 3. The number of hydrogen-bond donors (Lipinski definition) is 2. The molecular weight excluding hydrogens is 268 g/mol. The molecule has 0 spiro atoms. The minimum atomic E-state index is -1.77. The maximum atomic E-state index is 6.21. The van der Waals surface area contributed by atoms with Crippen molar-refractivity contribution in [2.75, 3.05) is 18.1 Å². The molecule has 1 rings (SSSR count). The van der Waals surface area contributed by atoms with Crippen LogP contribution in [-0.4, -0.2) is 15.4 Å². The van der Waals surface area contributed by atoms with Crippen molar-refractivity contribution in [2.45, 2.75) is 38.9 Å². The van der Waals surface area contributed by atoms with Crippen molar-refractivity contribution in [3.63, 3.8) is 0 Å². The van der Waals surface area contributed by atoms with Crippen molar-refractivity contribution in [3.05, 3.63) is 18.2 Å². The van der Waals surface area contributed by atoms with E-state index in [9.17, 15) is 0 Å². The number of rotatable bonds is 3. The second-order valence-corrected chi connectivity index (χ2v) is 10.6. The quantitative estimate of drug-likeness (QED) is 0.659. The topological polar surface area (TPSA) is 47.3 Å². The van der Waals surface area contributed by atoms with Crippen molar-refractivity contribution < 1.29 is 42.2 Å². The molecule has 0 atom stereocenters. The molecule has 3 nitrogen and oxygen atoms in total. The molecule has 0 fully saturated rings. The van der Waals surface area contributed by atoms with E-state index in [0.29, 0.717) is 0 Å². The van der Waals surface area contributed by atoms with E-state index in [1.807, 2.05) is 25.2 Å². The molecule has 0 aliphatic heterocycles. The second kappa shape index (κ2) is 6.50. The molecule has 104 valence electrons. The van der Waals surface area contributed by atoms with Gasteiger partial charge >= 0.3 is 0 Å². The van der Waals surface area contributed by atoms with Gasteiger partial charge in [-0.25, -0.2) is 0 Å². The minimum Gasteiger partial charge on any atom is -0.543 e. The third-order valence-electron chi connectivity index (χ3n) is 3.47. The summed E-state index contributed by atoms with van der Waals surface area (Å²) in [7, 11) is 0.0955. The van der Waals surface area contributed by atoms with Gasteiger partial charge < -0.3 is 15.5 Å². The number of nitrogen functional groups attached to an aromatic ring is 1. The Hall–Kier alpha value is 0.0966. The van der Waals surface area contributed by atoms with Crippen LogP contribution in [0.2, 0.25) is 18.1 Å². The molecule has 0 aliphatic carbocycles. The van der Waals surface area contributed by atoms with E-state index >= 15 is 0 Å². The van der Waals surface area contributed by atoms with Crippen LogP contribution in [0.15, 0.2) is 18.2 Å². The Morgan fingerprint density at radius 3 is 2.22 bits per heavy atom. The van der Waals surface area contributed by atoms with Crippen LogP contribution in [0.4, 0.5) is 11.4 Å². The zero-order valence-electron chi connectivity index (χ0n) is 12.1. The fourth-order valence-corrected chi connectivity index (χ4v) is 2.29. The van der Waals surface area contributed by atoms with Crippen molar-refractivity contribution in [1.82, 2.24) is 0 Å². The van der Waals surface area contributed by atoms with Gasteiger partial charge in [0.05, 0.1) is 11.4 Å². The molecule has 18 heavy (non-hydrogen) atoms. The van der Waals surface area contributed by atoms with Crippen LogP contribution in [0.5, 0.6) is 5.75 Å². The maximum absolute atomic E-state index is 6.21. The zero-order valence-corrected chi connectivity index (χ0v) is 13.8. The monoisotopic (exact) mass is 292 g/mol. The Balaban J connectivity index is 0.00000289. The predicted octanol–water partition coefficient (Wildman–Crippen LogP) is 3.69. The first-order chi connectivity index (χ1) is 7.67. The maximum Gasteiger partial charge on any atom is 0.250 e. The molecule has 1 aromatic rings. The molecule has 5 heteroatoms. The zero-order chi connectivity index (χ0) is 13.3. The molecule has 0 aliphatic rings. The van der Waals surface area contributed by atoms with E-state index in [-0.39, 0.29) is 42.8 Å². The molecule has 0 amide bonds. The van der Waals surface area contributed by atoms with E-state index in [0.717, 1.165) is 17.1 Å². The van der Waals surface area contributed by atoms with Gasteiger partial charge in [0.1, 0.15) is 5.75 Å². The van der Waals surface area contributed by atoms with Crippen molar-refractivity contribution in [2.24, 2.45) is 0 Å². The Morgan fingerprint density at radius 2 is 1.78 bits per heavy atom. The van der Waals surface area contributed by atoms with Crippen LogP contribution in [0, 0.1) is 37.7 Å².